The topological polar surface area (TPSA) is 82.8 Å². The molecule has 0 saturated carbocycles. The summed E-state index contributed by atoms with van der Waals surface area (Å²) in [4.78, 5) is 8.31. The third kappa shape index (κ3) is 2.89. The van der Waals surface area contributed by atoms with Gasteiger partial charge in [-0.15, -0.1) is 0 Å². The molecule has 0 aliphatic heterocycles. The normalized spacial score (nSPS) is 13.1. The predicted molar refractivity (Wildman–Crippen MR) is 70.7 cm³/mol. The van der Waals surface area contributed by atoms with E-state index in [0.717, 1.165) is 11.0 Å². The lowest BCUT2D eigenvalue weighted by molar-refractivity contribution is 0.122. The van der Waals surface area contributed by atoms with Crippen LogP contribution in [-0.4, -0.2) is 26.1 Å². The van der Waals surface area contributed by atoms with E-state index >= 15 is 0 Å². The van der Waals surface area contributed by atoms with Gasteiger partial charge in [-0.25, -0.2) is 13.8 Å². The summed E-state index contributed by atoms with van der Waals surface area (Å²) in [5.41, 5.74) is 7.37. The van der Waals surface area contributed by atoms with Gasteiger partial charge in [0.2, 0.25) is 12.3 Å². The smallest absolute Gasteiger partial charge is 0.243 e. The van der Waals surface area contributed by atoms with Crippen LogP contribution in [-0.2, 0) is 6.54 Å². The van der Waals surface area contributed by atoms with Crippen LogP contribution in [0.2, 0.25) is 0 Å². The molecule has 21 heavy (non-hydrogen) atoms. The number of benzene rings is 1. The Balaban J connectivity index is 1.78. The zero-order chi connectivity index (χ0) is 14.8. The van der Waals surface area contributed by atoms with Gasteiger partial charge in [0.1, 0.15) is 0 Å². The Morgan fingerprint density at radius 1 is 1.29 bits per heavy atom. The minimum atomic E-state index is -2.51. The minimum Gasteiger partial charge on any atom is -0.338 e. The van der Waals surface area contributed by atoms with Crippen molar-refractivity contribution in [1.82, 2.24) is 19.7 Å². The van der Waals surface area contributed by atoms with Crippen LogP contribution in [0.1, 0.15) is 24.2 Å². The first kappa shape index (κ1) is 13.6. The zero-order valence-corrected chi connectivity index (χ0v) is 11.0. The second-order valence-corrected chi connectivity index (χ2v) is 4.64. The number of hydrogen-bond acceptors (Lipinski definition) is 5. The lowest BCUT2D eigenvalue weighted by Crippen LogP contribution is -2.14. The molecule has 0 spiro atoms. The van der Waals surface area contributed by atoms with Crippen LogP contribution in [0, 0.1) is 0 Å². The monoisotopic (exact) mass is 293 g/mol. The van der Waals surface area contributed by atoms with Crippen molar-refractivity contribution < 1.29 is 13.3 Å². The number of alkyl halides is 2. The third-order valence-corrected chi connectivity index (χ3v) is 3.07. The highest BCUT2D eigenvalue weighted by Crippen LogP contribution is 2.17. The molecule has 3 aromatic rings. The minimum absolute atomic E-state index is 0.0229. The summed E-state index contributed by atoms with van der Waals surface area (Å²) >= 11 is 0. The fraction of sp³-hybridized carbons (Fsp3) is 0.308. The van der Waals surface area contributed by atoms with Gasteiger partial charge < -0.3 is 14.8 Å². The maximum absolute atomic E-state index is 12.3. The second-order valence-electron chi connectivity index (χ2n) is 4.64. The highest BCUT2D eigenvalue weighted by atomic mass is 19.3. The van der Waals surface area contributed by atoms with E-state index < -0.39 is 18.9 Å². The van der Waals surface area contributed by atoms with E-state index in [1.165, 1.54) is 0 Å². The molecule has 2 heterocycles. The van der Waals surface area contributed by atoms with Crippen molar-refractivity contribution in [3.8, 4) is 0 Å². The summed E-state index contributed by atoms with van der Waals surface area (Å²) in [5.74, 6) is 0.396. The Morgan fingerprint density at radius 3 is 2.90 bits per heavy atom. The summed E-state index contributed by atoms with van der Waals surface area (Å²) in [6.45, 7) is 0.339. The number of aromatic nitrogens is 4. The molecule has 0 radical (unpaired) electrons. The number of fused-ring (bicyclic) bond motifs is 1. The molecule has 110 valence electrons. The molecule has 0 fully saturated rings. The molecule has 1 atom stereocenters. The van der Waals surface area contributed by atoms with Gasteiger partial charge >= 0.3 is 0 Å². The number of nitrogens with two attached hydrogens (primary N) is 1. The van der Waals surface area contributed by atoms with Crippen molar-refractivity contribution in [2.75, 3.05) is 0 Å². The van der Waals surface area contributed by atoms with Gasteiger partial charge in [-0.1, -0.05) is 17.3 Å². The molecule has 0 saturated heterocycles. The number of nitrogens with zero attached hydrogens (tertiary/aromatic N) is 4. The average Bonchev–Trinajstić information content (AvgIpc) is 3.06. The number of halogens is 2. The van der Waals surface area contributed by atoms with E-state index in [1.54, 1.807) is 6.33 Å². The van der Waals surface area contributed by atoms with Gasteiger partial charge in [-0.05, 0) is 12.1 Å². The number of rotatable bonds is 5. The van der Waals surface area contributed by atoms with Crippen molar-refractivity contribution in [2.24, 2.45) is 5.73 Å². The number of imidazole rings is 1. The van der Waals surface area contributed by atoms with Crippen LogP contribution < -0.4 is 5.73 Å². The van der Waals surface area contributed by atoms with Gasteiger partial charge in [0.15, 0.2) is 5.82 Å². The van der Waals surface area contributed by atoms with Crippen LogP contribution in [0.25, 0.3) is 11.0 Å². The Labute approximate surface area is 118 Å². The van der Waals surface area contributed by atoms with Gasteiger partial charge in [0.25, 0.3) is 0 Å². The van der Waals surface area contributed by atoms with Crippen molar-refractivity contribution in [3.05, 3.63) is 42.3 Å². The van der Waals surface area contributed by atoms with Crippen molar-refractivity contribution >= 4 is 11.0 Å². The molecule has 2 N–H and O–H groups in total. The Bertz CT molecular complexity index is 739. The standard InChI is InChI=1S/C13H13F2N5O/c14-11(15)5-8(16)13-18-12(19-21-13)6-20-7-17-9-3-1-2-4-10(9)20/h1-4,7-8,11H,5-6,16H2. The van der Waals surface area contributed by atoms with Crippen LogP contribution in [0.4, 0.5) is 8.78 Å². The highest BCUT2D eigenvalue weighted by molar-refractivity contribution is 5.74. The first-order chi connectivity index (χ1) is 10.1. The summed E-state index contributed by atoms with van der Waals surface area (Å²) in [6, 6.07) is 6.67. The summed E-state index contributed by atoms with van der Waals surface area (Å²) in [7, 11) is 0. The molecule has 1 aromatic carbocycles. The SMILES string of the molecule is NC(CC(F)F)c1nc(Cn2cnc3ccccc32)no1. The van der Waals surface area contributed by atoms with Crippen molar-refractivity contribution in [3.63, 3.8) is 0 Å². The van der Waals surface area contributed by atoms with Crippen LogP contribution in [0.5, 0.6) is 0 Å². The van der Waals surface area contributed by atoms with Gasteiger partial charge in [-0.3, -0.25) is 0 Å². The van der Waals surface area contributed by atoms with E-state index in [-0.39, 0.29) is 5.89 Å². The zero-order valence-electron chi connectivity index (χ0n) is 11.0. The van der Waals surface area contributed by atoms with Crippen molar-refractivity contribution in [1.29, 1.82) is 0 Å². The summed E-state index contributed by atoms with van der Waals surface area (Å²) in [6.07, 6.45) is -1.34. The average molecular weight is 293 g/mol. The van der Waals surface area contributed by atoms with Crippen molar-refractivity contribution in [2.45, 2.75) is 25.4 Å². The molecular formula is C13H13F2N5O. The van der Waals surface area contributed by atoms with E-state index in [0.29, 0.717) is 12.4 Å². The lowest BCUT2D eigenvalue weighted by Gasteiger charge is -2.04. The molecule has 3 rings (SSSR count). The largest absolute Gasteiger partial charge is 0.338 e. The number of hydrogen-bond donors (Lipinski definition) is 1. The highest BCUT2D eigenvalue weighted by Gasteiger charge is 2.19. The van der Waals surface area contributed by atoms with E-state index in [2.05, 4.69) is 15.1 Å². The van der Waals surface area contributed by atoms with Gasteiger partial charge in [0, 0.05) is 6.42 Å². The quantitative estimate of drug-likeness (QED) is 0.779. The summed E-state index contributed by atoms with van der Waals surface area (Å²) < 4.78 is 31.3. The Hall–Kier alpha value is -2.35. The molecular weight excluding hydrogens is 280 g/mol. The van der Waals surface area contributed by atoms with Gasteiger partial charge in [-0.2, -0.15) is 4.98 Å². The molecule has 8 heteroatoms. The third-order valence-electron chi connectivity index (χ3n) is 3.07. The molecule has 0 aliphatic rings. The number of para-hydroxylation sites is 2. The Kier molecular flexibility index (Phi) is 3.61. The summed E-state index contributed by atoms with van der Waals surface area (Å²) in [5, 5.41) is 3.77. The van der Waals surface area contributed by atoms with E-state index in [1.807, 2.05) is 28.8 Å². The maximum atomic E-state index is 12.3. The lowest BCUT2D eigenvalue weighted by atomic mass is 10.2. The second kappa shape index (κ2) is 5.57. The fourth-order valence-corrected chi connectivity index (χ4v) is 2.06. The van der Waals surface area contributed by atoms with Crippen LogP contribution in [0.3, 0.4) is 0 Å². The predicted octanol–water partition coefficient (Wildman–Crippen LogP) is 2.12. The van der Waals surface area contributed by atoms with Crippen LogP contribution >= 0.6 is 0 Å². The van der Waals surface area contributed by atoms with Gasteiger partial charge in [0.05, 0.1) is 29.9 Å². The molecule has 0 amide bonds. The fourth-order valence-electron chi connectivity index (χ4n) is 2.06. The maximum Gasteiger partial charge on any atom is 0.243 e. The molecule has 2 aromatic heterocycles. The molecule has 0 bridgehead atoms. The van der Waals surface area contributed by atoms with Crippen LogP contribution in [0.15, 0.2) is 35.1 Å². The molecule has 1 unspecified atom stereocenters. The first-order valence-electron chi connectivity index (χ1n) is 6.39. The first-order valence-corrected chi connectivity index (χ1v) is 6.39. The molecule has 6 nitrogen and oxygen atoms in total. The van der Waals surface area contributed by atoms with E-state index in [4.69, 9.17) is 10.3 Å². The van der Waals surface area contributed by atoms with E-state index in [9.17, 15) is 8.78 Å². The Morgan fingerprint density at radius 2 is 2.10 bits per heavy atom. The molecule has 0 aliphatic carbocycles.